The lowest BCUT2D eigenvalue weighted by molar-refractivity contribution is -0.118. The monoisotopic (exact) mass is 258 g/mol. The van der Waals surface area contributed by atoms with Crippen LogP contribution in [0, 0.1) is 0 Å². The van der Waals surface area contributed by atoms with Crippen molar-refractivity contribution in [1.29, 1.82) is 0 Å². The lowest BCUT2D eigenvalue weighted by atomic mass is 10.3. The van der Waals surface area contributed by atoms with Crippen LogP contribution < -0.4 is 11.0 Å². The third-order valence-electron chi connectivity index (χ3n) is 2.16. The summed E-state index contributed by atoms with van der Waals surface area (Å²) in [6, 6.07) is 0. The summed E-state index contributed by atoms with van der Waals surface area (Å²) in [6.07, 6.45) is 1.94. The van der Waals surface area contributed by atoms with Gasteiger partial charge in [0.15, 0.2) is 5.16 Å². The maximum absolute atomic E-state index is 11.4. The molecule has 1 aromatic rings. The van der Waals surface area contributed by atoms with E-state index >= 15 is 0 Å². The lowest BCUT2D eigenvalue weighted by Gasteiger charge is -2.04. The summed E-state index contributed by atoms with van der Waals surface area (Å²) in [5.74, 6) is 0.236. The normalized spacial score (nSPS) is 10.5. The summed E-state index contributed by atoms with van der Waals surface area (Å²) in [4.78, 5) is 22.7. The minimum Gasteiger partial charge on any atom is -0.356 e. The Morgan fingerprint density at radius 1 is 1.53 bits per heavy atom. The first-order valence-corrected chi connectivity index (χ1v) is 6.72. The fourth-order valence-corrected chi connectivity index (χ4v) is 2.11. The average Bonchev–Trinajstić information content (AvgIpc) is 2.65. The van der Waals surface area contributed by atoms with E-state index < -0.39 is 0 Å². The smallest absolute Gasteiger partial charge is 0.343 e. The molecule has 0 aliphatic heterocycles. The molecule has 0 aliphatic carbocycles. The second kappa shape index (κ2) is 7.16. The molecule has 0 fully saturated rings. The molecule has 1 rings (SSSR count). The molecule has 0 aromatic carbocycles. The highest BCUT2D eigenvalue weighted by atomic mass is 32.2. The minimum atomic E-state index is -0.211. The number of aromatic nitrogens is 3. The zero-order valence-electron chi connectivity index (χ0n) is 10.2. The third kappa shape index (κ3) is 4.26. The van der Waals surface area contributed by atoms with Gasteiger partial charge in [0, 0.05) is 13.1 Å². The van der Waals surface area contributed by atoms with Crippen molar-refractivity contribution in [2.24, 2.45) is 0 Å². The summed E-state index contributed by atoms with van der Waals surface area (Å²) in [5, 5.41) is 9.59. The summed E-state index contributed by atoms with van der Waals surface area (Å²) >= 11 is 1.27. The molecule has 1 heterocycles. The Kier molecular flexibility index (Phi) is 5.82. The maximum atomic E-state index is 11.4. The van der Waals surface area contributed by atoms with Gasteiger partial charge in [0.25, 0.3) is 0 Å². The van der Waals surface area contributed by atoms with Gasteiger partial charge in [-0.1, -0.05) is 25.1 Å². The van der Waals surface area contributed by atoms with Crippen LogP contribution in [0.2, 0.25) is 0 Å². The SMILES string of the molecule is CCCCn1c(SCC(=O)NCC)n[nH]c1=O. The molecule has 0 saturated carbocycles. The Hall–Kier alpha value is -1.24. The second-order valence-electron chi connectivity index (χ2n) is 3.56. The van der Waals surface area contributed by atoms with Crippen LogP contribution >= 0.6 is 11.8 Å². The first-order chi connectivity index (χ1) is 8.19. The number of amides is 1. The van der Waals surface area contributed by atoms with Gasteiger partial charge >= 0.3 is 5.69 Å². The molecule has 7 heteroatoms. The van der Waals surface area contributed by atoms with Gasteiger partial charge in [-0.05, 0) is 13.3 Å². The van der Waals surface area contributed by atoms with Crippen molar-refractivity contribution in [3.8, 4) is 0 Å². The van der Waals surface area contributed by atoms with E-state index in [4.69, 9.17) is 0 Å². The van der Waals surface area contributed by atoms with Crippen LogP contribution in [0.3, 0.4) is 0 Å². The molecule has 96 valence electrons. The number of carbonyl (C=O) groups excluding carboxylic acids is 1. The van der Waals surface area contributed by atoms with Crippen molar-refractivity contribution >= 4 is 17.7 Å². The van der Waals surface area contributed by atoms with Gasteiger partial charge in [-0.3, -0.25) is 9.36 Å². The van der Waals surface area contributed by atoms with E-state index in [1.165, 1.54) is 11.8 Å². The third-order valence-corrected chi connectivity index (χ3v) is 3.14. The predicted octanol–water partition coefficient (Wildman–Crippen LogP) is 0.600. The van der Waals surface area contributed by atoms with Gasteiger partial charge in [0.2, 0.25) is 5.91 Å². The second-order valence-corrected chi connectivity index (χ2v) is 4.50. The van der Waals surface area contributed by atoms with Crippen molar-refractivity contribution in [2.75, 3.05) is 12.3 Å². The number of unbranched alkanes of at least 4 members (excludes halogenated alkanes) is 1. The number of H-pyrrole nitrogens is 1. The lowest BCUT2D eigenvalue weighted by Crippen LogP contribution is -2.25. The zero-order valence-corrected chi connectivity index (χ0v) is 11.0. The number of carbonyl (C=O) groups is 1. The van der Waals surface area contributed by atoms with E-state index in [1.807, 2.05) is 6.92 Å². The first-order valence-electron chi connectivity index (χ1n) is 5.73. The number of rotatable bonds is 7. The summed E-state index contributed by atoms with van der Waals surface area (Å²) in [6.45, 7) is 5.19. The zero-order chi connectivity index (χ0) is 12.7. The van der Waals surface area contributed by atoms with Crippen LogP contribution in [0.1, 0.15) is 26.7 Å². The van der Waals surface area contributed by atoms with Crippen LogP contribution in [-0.4, -0.2) is 33.0 Å². The fourth-order valence-electron chi connectivity index (χ4n) is 1.31. The van der Waals surface area contributed by atoms with E-state index in [1.54, 1.807) is 4.57 Å². The average molecular weight is 258 g/mol. The Labute approximate surface area is 104 Å². The van der Waals surface area contributed by atoms with E-state index in [2.05, 4.69) is 22.4 Å². The van der Waals surface area contributed by atoms with Crippen molar-refractivity contribution in [3.63, 3.8) is 0 Å². The molecule has 0 spiro atoms. The number of hydrogen-bond acceptors (Lipinski definition) is 4. The number of hydrogen-bond donors (Lipinski definition) is 2. The predicted molar refractivity (Wildman–Crippen MR) is 67.2 cm³/mol. The van der Waals surface area contributed by atoms with Crippen molar-refractivity contribution in [1.82, 2.24) is 20.1 Å². The molecule has 0 unspecified atom stereocenters. The first kappa shape index (κ1) is 13.8. The van der Waals surface area contributed by atoms with Crippen LogP contribution in [0.25, 0.3) is 0 Å². The van der Waals surface area contributed by atoms with Gasteiger partial charge in [-0.15, -0.1) is 5.10 Å². The molecule has 0 bridgehead atoms. The molecule has 17 heavy (non-hydrogen) atoms. The minimum absolute atomic E-state index is 0.0463. The standard InChI is InChI=1S/C10H18N4O2S/c1-3-5-6-14-9(16)12-13-10(14)17-7-8(15)11-4-2/h3-7H2,1-2H3,(H,11,15)(H,12,16). The van der Waals surface area contributed by atoms with Crippen molar-refractivity contribution in [3.05, 3.63) is 10.5 Å². The maximum Gasteiger partial charge on any atom is 0.343 e. The number of thioether (sulfide) groups is 1. The van der Waals surface area contributed by atoms with Crippen molar-refractivity contribution in [2.45, 2.75) is 38.4 Å². The van der Waals surface area contributed by atoms with Crippen LogP contribution in [0.5, 0.6) is 0 Å². The molecular formula is C10H18N4O2S. The van der Waals surface area contributed by atoms with E-state index in [0.717, 1.165) is 12.8 Å². The molecule has 1 amide bonds. The number of nitrogens with one attached hydrogen (secondary N) is 2. The van der Waals surface area contributed by atoms with Gasteiger partial charge < -0.3 is 5.32 Å². The summed E-state index contributed by atoms with van der Waals surface area (Å²) in [7, 11) is 0. The number of nitrogens with zero attached hydrogens (tertiary/aromatic N) is 2. The Balaban J connectivity index is 2.58. The van der Waals surface area contributed by atoms with E-state index in [0.29, 0.717) is 18.2 Å². The topological polar surface area (TPSA) is 79.8 Å². The summed E-state index contributed by atoms with van der Waals surface area (Å²) in [5.41, 5.74) is -0.211. The number of aromatic amines is 1. The van der Waals surface area contributed by atoms with Crippen LogP contribution in [0.15, 0.2) is 9.95 Å². The molecule has 0 atom stereocenters. The van der Waals surface area contributed by atoms with Crippen LogP contribution in [-0.2, 0) is 11.3 Å². The Morgan fingerprint density at radius 2 is 2.29 bits per heavy atom. The molecule has 1 aromatic heterocycles. The van der Waals surface area contributed by atoms with Gasteiger partial charge in [-0.25, -0.2) is 9.89 Å². The van der Waals surface area contributed by atoms with Crippen molar-refractivity contribution < 1.29 is 4.79 Å². The molecule has 0 saturated heterocycles. The van der Waals surface area contributed by atoms with E-state index in [9.17, 15) is 9.59 Å². The molecule has 2 N–H and O–H groups in total. The molecule has 0 aliphatic rings. The highest BCUT2D eigenvalue weighted by Gasteiger charge is 2.10. The highest BCUT2D eigenvalue weighted by molar-refractivity contribution is 7.99. The summed E-state index contributed by atoms with van der Waals surface area (Å²) < 4.78 is 1.58. The van der Waals surface area contributed by atoms with Crippen LogP contribution in [0.4, 0.5) is 0 Å². The van der Waals surface area contributed by atoms with E-state index in [-0.39, 0.29) is 17.3 Å². The van der Waals surface area contributed by atoms with Gasteiger partial charge in [0.1, 0.15) is 0 Å². The molecule has 0 radical (unpaired) electrons. The molecule has 6 nitrogen and oxygen atoms in total. The largest absolute Gasteiger partial charge is 0.356 e. The Bertz CT molecular complexity index is 413. The van der Waals surface area contributed by atoms with Gasteiger partial charge in [0.05, 0.1) is 5.75 Å². The Morgan fingerprint density at radius 3 is 2.94 bits per heavy atom. The quantitative estimate of drug-likeness (QED) is 0.702. The van der Waals surface area contributed by atoms with Gasteiger partial charge in [-0.2, -0.15) is 0 Å². The highest BCUT2D eigenvalue weighted by Crippen LogP contribution is 2.13. The fraction of sp³-hybridized carbons (Fsp3) is 0.700. The molecular weight excluding hydrogens is 240 g/mol.